The molecule has 4 nitrogen and oxygen atoms in total. The van der Waals surface area contributed by atoms with Gasteiger partial charge in [0, 0.05) is 5.69 Å². The van der Waals surface area contributed by atoms with Crippen LogP contribution in [-0.4, -0.2) is 19.1 Å². The van der Waals surface area contributed by atoms with E-state index in [-0.39, 0.29) is 11.9 Å². The van der Waals surface area contributed by atoms with Gasteiger partial charge in [0.1, 0.15) is 11.8 Å². The van der Waals surface area contributed by atoms with Crippen molar-refractivity contribution in [3.63, 3.8) is 0 Å². The maximum atomic E-state index is 12.2. The Balaban J connectivity index is 1.93. The third-order valence-corrected chi connectivity index (χ3v) is 4.20. The predicted octanol–water partition coefficient (Wildman–Crippen LogP) is 2.67. The summed E-state index contributed by atoms with van der Waals surface area (Å²) in [5.41, 5.74) is 9.17. The van der Waals surface area contributed by atoms with Crippen LogP contribution in [0.3, 0.4) is 0 Å². The quantitative estimate of drug-likeness (QED) is 0.883. The third kappa shape index (κ3) is 2.35. The first-order chi connectivity index (χ1) is 10.7. The molecule has 1 saturated heterocycles. The third-order valence-electron chi connectivity index (χ3n) is 4.20. The molecule has 1 amide bonds. The molecule has 2 N–H and O–H groups in total. The molecule has 0 radical (unpaired) electrons. The number of nitrogens with two attached hydrogens (primary N) is 1. The van der Waals surface area contributed by atoms with Gasteiger partial charge in [-0.3, -0.25) is 4.79 Å². The van der Waals surface area contributed by atoms with Gasteiger partial charge in [-0.1, -0.05) is 31.2 Å². The zero-order valence-electron chi connectivity index (χ0n) is 12.8. The number of benzene rings is 2. The van der Waals surface area contributed by atoms with Crippen molar-refractivity contribution in [3.05, 3.63) is 59.7 Å². The minimum Gasteiger partial charge on any atom is -0.497 e. The van der Waals surface area contributed by atoms with Gasteiger partial charge < -0.3 is 15.4 Å². The van der Waals surface area contributed by atoms with E-state index in [9.17, 15) is 4.79 Å². The first-order valence-electron chi connectivity index (χ1n) is 7.47. The van der Waals surface area contributed by atoms with Crippen LogP contribution in [0.4, 0.5) is 5.69 Å². The molecule has 0 bridgehead atoms. The van der Waals surface area contributed by atoms with Crippen molar-refractivity contribution in [2.24, 2.45) is 5.73 Å². The lowest BCUT2D eigenvalue weighted by atomic mass is 9.88. The average Bonchev–Trinajstić information content (AvgIpc) is 2.58. The largest absolute Gasteiger partial charge is 0.497 e. The van der Waals surface area contributed by atoms with Crippen LogP contribution in [0.5, 0.6) is 5.75 Å². The molecular formula is C18H20N2O2. The van der Waals surface area contributed by atoms with Crippen molar-refractivity contribution in [1.29, 1.82) is 0 Å². The summed E-state index contributed by atoms with van der Waals surface area (Å²) in [5, 5.41) is 0. The van der Waals surface area contributed by atoms with Gasteiger partial charge in [-0.25, -0.2) is 0 Å². The highest BCUT2D eigenvalue weighted by Gasteiger charge is 2.46. The Hall–Kier alpha value is -2.33. The van der Waals surface area contributed by atoms with Crippen LogP contribution in [0.1, 0.15) is 24.1 Å². The second-order valence-corrected chi connectivity index (χ2v) is 5.48. The molecule has 2 aromatic carbocycles. The summed E-state index contributed by atoms with van der Waals surface area (Å²) in [7, 11) is 1.63. The van der Waals surface area contributed by atoms with Crippen LogP contribution < -0.4 is 15.4 Å². The van der Waals surface area contributed by atoms with E-state index in [0.717, 1.165) is 23.4 Å². The Bertz CT molecular complexity index is 682. The lowest BCUT2D eigenvalue weighted by Crippen LogP contribution is -2.63. The van der Waals surface area contributed by atoms with Crippen LogP contribution in [-0.2, 0) is 11.2 Å². The van der Waals surface area contributed by atoms with Gasteiger partial charge >= 0.3 is 0 Å². The van der Waals surface area contributed by atoms with Crippen molar-refractivity contribution in [1.82, 2.24) is 0 Å². The Labute approximate surface area is 130 Å². The summed E-state index contributed by atoms with van der Waals surface area (Å²) in [5.74, 6) is 0.724. The summed E-state index contributed by atoms with van der Waals surface area (Å²) >= 11 is 0. The topological polar surface area (TPSA) is 55.6 Å². The maximum Gasteiger partial charge on any atom is 0.247 e. The van der Waals surface area contributed by atoms with Crippen LogP contribution in [0.25, 0.3) is 0 Å². The van der Waals surface area contributed by atoms with E-state index in [1.807, 2.05) is 36.4 Å². The number of ether oxygens (including phenoxy) is 1. The minimum absolute atomic E-state index is 0.0444. The predicted molar refractivity (Wildman–Crippen MR) is 87.0 cm³/mol. The van der Waals surface area contributed by atoms with Gasteiger partial charge in [-0.15, -0.1) is 0 Å². The standard InChI is InChI=1S/C18H20N2O2/c1-3-12-7-9-14(10-8-12)20-17(16(19)18(20)21)13-5-4-6-15(11-13)22-2/h4-11,16-17H,3,19H2,1-2H3/t16-,17-/m1/s1. The van der Waals surface area contributed by atoms with Crippen molar-refractivity contribution in [3.8, 4) is 5.75 Å². The first-order valence-corrected chi connectivity index (χ1v) is 7.47. The molecule has 22 heavy (non-hydrogen) atoms. The number of hydrogen-bond acceptors (Lipinski definition) is 3. The smallest absolute Gasteiger partial charge is 0.247 e. The van der Waals surface area contributed by atoms with Gasteiger partial charge in [0.2, 0.25) is 5.91 Å². The fourth-order valence-corrected chi connectivity index (χ4v) is 2.87. The van der Waals surface area contributed by atoms with E-state index in [1.165, 1.54) is 5.56 Å². The number of nitrogens with zero attached hydrogens (tertiary/aromatic N) is 1. The van der Waals surface area contributed by atoms with Gasteiger partial charge in [-0.2, -0.15) is 0 Å². The molecule has 0 aromatic heterocycles. The highest BCUT2D eigenvalue weighted by Crippen LogP contribution is 2.39. The number of rotatable bonds is 4. The Morgan fingerprint density at radius 2 is 1.91 bits per heavy atom. The number of carbonyl (C=O) groups is 1. The van der Waals surface area contributed by atoms with Crippen LogP contribution in [0.15, 0.2) is 48.5 Å². The summed E-state index contributed by atoms with van der Waals surface area (Å²) in [4.78, 5) is 14.0. The first kappa shape index (κ1) is 14.6. The fraction of sp³-hybridized carbons (Fsp3) is 0.278. The second kappa shape index (κ2) is 5.81. The van der Waals surface area contributed by atoms with Crippen LogP contribution in [0, 0.1) is 0 Å². The molecule has 114 valence electrons. The highest BCUT2D eigenvalue weighted by molar-refractivity contribution is 6.05. The SMILES string of the molecule is CCc1ccc(N2C(=O)[C@H](N)[C@H]2c2cccc(OC)c2)cc1. The van der Waals surface area contributed by atoms with E-state index in [2.05, 4.69) is 19.1 Å². The van der Waals surface area contributed by atoms with Crippen molar-refractivity contribution < 1.29 is 9.53 Å². The van der Waals surface area contributed by atoms with Crippen LogP contribution >= 0.6 is 0 Å². The lowest BCUT2D eigenvalue weighted by molar-refractivity contribution is -0.126. The van der Waals surface area contributed by atoms with Crippen molar-refractivity contribution in [2.45, 2.75) is 25.4 Å². The Morgan fingerprint density at radius 1 is 1.18 bits per heavy atom. The van der Waals surface area contributed by atoms with Crippen LogP contribution in [0.2, 0.25) is 0 Å². The molecule has 1 heterocycles. The molecule has 1 aliphatic rings. The zero-order valence-corrected chi connectivity index (χ0v) is 12.8. The molecule has 2 aromatic rings. The van der Waals surface area contributed by atoms with Crippen molar-refractivity contribution in [2.75, 3.05) is 12.0 Å². The molecule has 0 unspecified atom stereocenters. The zero-order chi connectivity index (χ0) is 15.7. The van der Waals surface area contributed by atoms with E-state index in [1.54, 1.807) is 12.0 Å². The summed E-state index contributed by atoms with van der Waals surface area (Å²) in [6.07, 6.45) is 0.979. The average molecular weight is 296 g/mol. The monoisotopic (exact) mass is 296 g/mol. The molecule has 1 aliphatic heterocycles. The number of carbonyl (C=O) groups excluding carboxylic acids is 1. The second-order valence-electron chi connectivity index (χ2n) is 5.48. The molecule has 2 atom stereocenters. The number of anilines is 1. The van der Waals surface area contributed by atoms with E-state index < -0.39 is 6.04 Å². The van der Waals surface area contributed by atoms with E-state index in [0.29, 0.717) is 0 Å². The maximum absolute atomic E-state index is 12.2. The molecule has 3 rings (SSSR count). The molecule has 0 spiro atoms. The number of hydrogen-bond donors (Lipinski definition) is 1. The summed E-state index contributed by atoms with van der Waals surface area (Å²) < 4.78 is 5.26. The number of aryl methyl sites for hydroxylation is 1. The Kier molecular flexibility index (Phi) is 3.86. The molecule has 0 saturated carbocycles. The van der Waals surface area contributed by atoms with Gasteiger partial charge in [0.05, 0.1) is 13.2 Å². The molecular weight excluding hydrogens is 276 g/mol. The van der Waals surface area contributed by atoms with Gasteiger partial charge in [0.15, 0.2) is 0 Å². The summed E-state index contributed by atoms with van der Waals surface area (Å²) in [6, 6.07) is 15.1. The number of β-lactam (4-membered cyclic amide) rings is 1. The molecule has 4 heteroatoms. The van der Waals surface area contributed by atoms with E-state index >= 15 is 0 Å². The highest BCUT2D eigenvalue weighted by atomic mass is 16.5. The van der Waals surface area contributed by atoms with Gasteiger partial charge in [-0.05, 0) is 41.8 Å². The normalized spacial score (nSPS) is 20.7. The minimum atomic E-state index is -0.502. The number of methoxy groups -OCH3 is 1. The Morgan fingerprint density at radius 3 is 2.55 bits per heavy atom. The van der Waals surface area contributed by atoms with Crippen molar-refractivity contribution >= 4 is 11.6 Å². The van der Waals surface area contributed by atoms with Gasteiger partial charge in [0.25, 0.3) is 0 Å². The molecule has 1 fully saturated rings. The number of amides is 1. The summed E-state index contributed by atoms with van der Waals surface area (Å²) in [6.45, 7) is 2.11. The molecule has 0 aliphatic carbocycles. The van der Waals surface area contributed by atoms with E-state index in [4.69, 9.17) is 10.5 Å². The lowest BCUT2D eigenvalue weighted by Gasteiger charge is -2.45. The fourth-order valence-electron chi connectivity index (χ4n) is 2.87.